The van der Waals surface area contributed by atoms with Crippen LogP contribution in [0.25, 0.3) is 11.5 Å². The number of nitrogens with zero attached hydrogens (tertiary/aromatic N) is 4. The first-order valence-corrected chi connectivity index (χ1v) is 9.51. The summed E-state index contributed by atoms with van der Waals surface area (Å²) in [6.45, 7) is 0. The minimum atomic E-state index is 0.400. The summed E-state index contributed by atoms with van der Waals surface area (Å²) >= 11 is 1.61. The lowest BCUT2D eigenvalue weighted by atomic mass is 9.96. The van der Waals surface area contributed by atoms with Gasteiger partial charge in [-0.3, -0.25) is 9.98 Å². The molecule has 5 nitrogen and oxygen atoms in total. The van der Waals surface area contributed by atoms with Crippen LogP contribution >= 0.6 is 11.3 Å². The van der Waals surface area contributed by atoms with Crippen molar-refractivity contribution in [3.05, 3.63) is 58.7 Å². The van der Waals surface area contributed by atoms with Gasteiger partial charge < -0.3 is 4.42 Å². The van der Waals surface area contributed by atoms with Gasteiger partial charge in [0.15, 0.2) is 5.76 Å². The van der Waals surface area contributed by atoms with Gasteiger partial charge in [-0.25, -0.2) is 4.68 Å². The molecule has 0 bridgehead atoms. The van der Waals surface area contributed by atoms with Gasteiger partial charge in [0.1, 0.15) is 5.69 Å². The van der Waals surface area contributed by atoms with Crippen LogP contribution in [-0.4, -0.2) is 21.9 Å². The number of pyridine rings is 1. The van der Waals surface area contributed by atoms with Crippen LogP contribution in [0.4, 0.5) is 0 Å². The second-order valence-electron chi connectivity index (χ2n) is 6.14. The smallest absolute Gasteiger partial charge is 0.206 e. The van der Waals surface area contributed by atoms with Crippen LogP contribution in [0.5, 0.6) is 0 Å². The second-order valence-corrected chi connectivity index (χ2v) is 6.98. The van der Waals surface area contributed by atoms with Crippen molar-refractivity contribution >= 4 is 17.6 Å². The van der Waals surface area contributed by atoms with Gasteiger partial charge in [0.25, 0.3) is 0 Å². The van der Waals surface area contributed by atoms with Crippen molar-refractivity contribution < 1.29 is 4.42 Å². The third-order valence-electron chi connectivity index (χ3n) is 4.33. The lowest BCUT2D eigenvalue weighted by molar-refractivity contribution is 0.435. The summed E-state index contributed by atoms with van der Waals surface area (Å²) in [6, 6.07) is 8.12. The fourth-order valence-corrected chi connectivity index (χ4v) is 3.93. The highest BCUT2D eigenvalue weighted by molar-refractivity contribution is 7.07. The molecule has 3 aromatic heterocycles. The van der Waals surface area contributed by atoms with Crippen molar-refractivity contribution in [2.24, 2.45) is 10.1 Å². The van der Waals surface area contributed by atoms with E-state index >= 15 is 0 Å². The molecular formula is C19H20N4OS. The van der Waals surface area contributed by atoms with Crippen LogP contribution in [0.3, 0.4) is 0 Å². The standard InChI is InChI=1S/C19H20N4OS/c1-2-7-16(8-3-1)22-19-23(21-13-15-6-4-10-20-12-15)17(14-25-19)18-9-5-11-24-18/h4-6,9-14,16H,1-3,7-8H2. The number of aromatic nitrogens is 2. The van der Waals surface area contributed by atoms with Gasteiger partial charge >= 0.3 is 0 Å². The van der Waals surface area contributed by atoms with E-state index in [1.54, 1.807) is 30.0 Å². The predicted octanol–water partition coefficient (Wildman–Crippen LogP) is 4.32. The number of hydrogen-bond acceptors (Lipinski definition) is 5. The van der Waals surface area contributed by atoms with Gasteiger partial charge in [-0.2, -0.15) is 5.10 Å². The highest BCUT2D eigenvalue weighted by atomic mass is 32.1. The summed E-state index contributed by atoms with van der Waals surface area (Å²) in [5, 5.41) is 6.72. The molecule has 1 saturated carbocycles. The zero-order valence-corrected chi connectivity index (χ0v) is 14.7. The first-order valence-electron chi connectivity index (χ1n) is 8.63. The molecule has 4 rings (SSSR count). The molecule has 0 amide bonds. The zero-order valence-electron chi connectivity index (χ0n) is 13.9. The molecule has 1 aliphatic carbocycles. The van der Waals surface area contributed by atoms with Gasteiger partial charge in [0, 0.05) is 23.3 Å². The van der Waals surface area contributed by atoms with Crippen LogP contribution in [0.2, 0.25) is 0 Å². The molecule has 0 atom stereocenters. The quantitative estimate of drug-likeness (QED) is 0.657. The van der Waals surface area contributed by atoms with Crippen molar-refractivity contribution in [2.45, 2.75) is 38.1 Å². The Labute approximate surface area is 150 Å². The molecule has 0 saturated heterocycles. The lowest BCUT2D eigenvalue weighted by Crippen LogP contribution is -2.18. The summed E-state index contributed by atoms with van der Waals surface area (Å²) in [5.41, 5.74) is 1.87. The third kappa shape index (κ3) is 3.79. The number of rotatable bonds is 4. The fraction of sp³-hybridized carbons (Fsp3) is 0.316. The Morgan fingerprint density at radius 1 is 1.20 bits per heavy atom. The summed E-state index contributed by atoms with van der Waals surface area (Å²) in [7, 11) is 0. The lowest BCUT2D eigenvalue weighted by Gasteiger charge is -2.16. The van der Waals surface area contributed by atoms with Crippen molar-refractivity contribution in [2.75, 3.05) is 0 Å². The van der Waals surface area contributed by atoms with Gasteiger partial charge in [-0.15, -0.1) is 11.3 Å². The van der Waals surface area contributed by atoms with Crippen molar-refractivity contribution in [3.8, 4) is 11.5 Å². The highest BCUT2D eigenvalue weighted by Crippen LogP contribution is 2.22. The van der Waals surface area contributed by atoms with E-state index in [1.165, 1.54) is 32.1 Å². The molecule has 3 aromatic rings. The average Bonchev–Trinajstić information content (AvgIpc) is 3.31. The molecule has 0 N–H and O–H groups in total. The Hall–Kier alpha value is -2.47. The summed E-state index contributed by atoms with van der Waals surface area (Å²) in [5.74, 6) is 0.796. The predicted molar refractivity (Wildman–Crippen MR) is 99.7 cm³/mol. The molecule has 0 aromatic carbocycles. The van der Waals surface area contributed by atoms with Gasteiger partial charge in [-0.1, -0.05) is 25.3 Å². The van der Waals surface area contributed by atoms with Crippen LogP contribution in [0.15, 0.2) is 62.8 Å². The molecular weight excluding hydrogens is 332 g/mol. The van der Waals surface area contributed by atoms with Gasteiger partial charge in [-0.05, 0) is 31.0 Å². The van der Waals surface area contributed by atoms with E-state index in [1.807, 2.05) is 35.2 Å². The molecule has 1 fully saturated rings. The maximum Gasteiger partial charge on any atom is 0.206 e. The van der Waals surface area contributed by atoms with Crippen LogP contribution < -0.4 is 4.80 Å². The van der Waals surface area contributed by atoms with Crippen LogP contribution in [0.1, 0.15) is 37.7 Å². The van der Waals surface area contributed by atoms with Crippen molar-refractivity contribution in [1.29, 1.82) is 0 Å². The largest absolute Gasteiger partial charge is 0.463 e. The van der Waals surface area contributed by atoms with Crippen LogP contribution in [0, 0.1) is 0 Å². The van der Waals surface area contributed by atoms with E-state index in [4.69, 9.17) is 9.41 Å². The molecule has 25 heavy (non-hydrogen) atoms. The molecule has 3 heterocycles. The molecule has 0 spiro atoms. The van der Waals surface area contributed by atoms with Crippen molar-refractivity contribution in [3.63, 3.8) is 0 Å². The maximum absolute atomic E-state index is 5.57. The normalized spacial score (nSPS) is 16.7. The first kappa shape index (κ1) is 16.0. The van der Waals surface area contributed by atoms with E-state index < -0.39 is 0 Å². The Balaban J connectivity index is 1.74. The molecule has 128 valence electrons. The Bertz CT molecular complexity index is 887. The molecule has 1 aliphatic rings. The Morgan fingerprint density at radius 3 is 2.88 bits per heavy atom. The molecule has 6 heteroatoms. The number of thiazole rings is 1. The van der Waals surface area contributed by atoms with Gasteiger partial charge in [0.05, 0.1) is 18.5 Å². The monoisotopic (exact) mass is 352 g/mol. The summed E-state index contributed by atoms with van der Waals surface area (Å²) < 4.78 is 7.45. The zero-order chi connectivity index (χ0) is 16.9. The molecule has 0 aliphatic heterocycles. The number of hydrogen-bond donors (Lipinski definition) is 0. The highest BCUT2D eigenvalue weighted by Gasteiger charge is 2.14. The van der Waals surface area contributed by atoms with E-state index in [0.717, 1.165) is 21.8 Å². The van der Waals surface area contributed by atoms with E-state index in [9.17, 15) is 0 Å². The fourth-order valence-electron chi connectivity index (χ4n) is 3.04. The minimum Gasteiger partial charge on any atom is -0.463 e. The molecule has 0 unspecified atom stereocenters. The Kier molecular flexibility index (Phi) is 4.88. The third-order valence-corrected chi connectivity index (χ3v) is 5.16. The van der Waals surface area contributed by atoms with E-state index in [0.29, 0.717) is 6.04 Å². The topological polar surface area (TPSA) is 55.7 Å². The van der Waals surface area contributed by atoms with E-state index in [2.05, 4.69) is 15.5 Å². The average molecular weight is 352 g/mol. The minimum absolute atomic E-state index is 0.400. The van der Waals surface area contributed by atoms with E-state index in [-0.39, 0.29) is 0 Å². The molecule has 0 radical (unpaired) electrons. The Morgan fingerprint density at radius 2 is 2.12 bits per heavy atom. The summed E-state index contributed by atoms with van der Waals surface area (Å²) in [6.07, 6.45) is 13.2. The SMILES string of the molecule is C(=Nn1c(-c2ccco2)csc1=NC1CCCCC1)c1cccnc1. The second kappa shape index (κ2) is 7.61. The maximum atomic E-state index is 5.57. The van der Waals surface area contributed by atoms with Crippen LogP contribution in [-0.2, 0) is 0 Å². The van der Waals surface area contributed by atoms with Crippen molar-refractivity contribution in [1.82, 2.24) is 9.66 Å². The first-order chi connectivity index (χ1) is 12.4. The summed E-state index contributed by atoms with van der Waals surface area (Å²) in [4.78, 5) is 10.0. The number of furan rings is 1. The van der Waals surface area contributed by atoms with Gasteiger partial charge in [0.2, 0.25) is 4.80 Å².